The fourth-order valence-electron chi connectivity index (χ4n) is 2.10. The average Bonchev–Trinajstić information content (AvgIpc) is 3.02. The number of ether oxygens (including phenoxy) is 2. The first-order valence-electron chi connectivity index (χ1n) is 7.17. The van der Waals surface area contributed by atoms with Gasteiger partial charge >= 0.3 is 5.82 Å². The van der Waals surface area contributed by atoms with Crippen molar-refractivity contribution in [1.29, 1.82) is 0 Å². The number of hydrogen-bond donors (Lipinski definition) is 1. The van der Waals surface area contributed by atoms with Crippen molar-refractivity contribution < 1.29 is 14.4 Å². The van der Waals surface area contributed by atoms with Gasteiger partial charge in [-0.25, -0.2) is 4.98 Å². The Kier molecular flexibility index (Phi) is 4.41. The van der Waals surface area contributed by atoms with Crippen molar-refractivity contribution in [3.63, 3.8) is 0 Å². The minimum atomic E-state index is -0.524. The first-order valence-corrected chi connectivity index (χ1v) is 7.17. The number of hydrogen-bond acceptors (Lipinski definition) is 7. The highest BCUT2D eigenvalue weighted by Gasteiger charge is 2.15. The van der Waals surface area contributed by atoms with E-state index >= 15 is 0 Å². The van der Waals surface area contributed by atoms with E-state index in [-0.39, 0.29) is 5.82 Å². The maximum atomic E-state index is 10.9. The number of nitrogens with one attached hydrogen (secondary N) is 1. The van der Waals surface area contributed by atoms with Crippen molar-refractivity contribution in [2.75, 3.05) is 25.6 Å². The lowest BCUT2D eigenvalue weighted by Crippen LogP contribution is -2.13. The molecular formula is C15H15N5O4. The van der Waals surface area contributed by atoms with Crippen molar-refractivity contribution >= 4 is 17.3 Å². The monoisotopic (exact) mass is 329 g/mol. The minimum absolute atomic E-state index is 0.178. The lowest BCUT2D eigenvalue weighted by molar-refractivity contribution is -0.391. The number of imidazole rings is 1. The van der Waals surface area contributed by atoms with E-state index in [0.29, 0.717) is 24.6 Å². The summed E-state index contributed by atoms with van der Waals surface area (Å²) >= 11 is 0. The van der Waals surface area contributed by atoms with Crippen molar-refractivity contribution in [2.45, 2.75) is 0 Å². The van der Waals surface area contributed by atoms with Gasteiger partial charge in [0.15, 0.2) is 5.82 Å². The summed E-state index contributed by atoms with van der Waals surface area (Å²) in [5.41, 5.74) is 0.418. The molecule has 0 fully saturated rings. The van der Waals surface area contributed by atoms with Gasteiger partial charge in [-0.15, -0.1) is 0 Å². The largest absolute Gasteiger partial charge is 0.497 e. The molecule has 0 aliphatic rings. The molecule has 2 heterocycles. The van der Waals surface area contributed by atoms with E-state index in [0.717, 1.165) is 11.5 Å². The lowest BCUT2D eigenvalue weighted by Gasteiger charge is -2.08. The predicted molar refractivity (Wildman–Crippen MR) is 86.6 cm³/mol. The molecule has 3 rings (SSSR count). The summed E-state index contributed by atoms with van der Waals surface area (Å²) in [6.45, 7) is 0.908. The zero-order chi connectivity index (χ0) is 16.9. The third kappa shape index (κ3) is 3.35. The maximum Gasteiger partial charge on any atom is 0.368 e. The standard InChI is InChI=1S/C15H15N5O4/c1-23-11-2-4-12(5-3-11)24-9-8-16-13-6-7-14-17-10-15(20(21)22)19(14)18-13/h2-7,10H,8-9H2,1H3,(H,16,18). The highest BCUT2D eigenvalue weighted by molar-refractivity contribution is 5.48. The van der Waals surface area contributed by atoms with Crippen molar-refractivity contribution in [3.05, 3.63) is 52.7 Å². The van der Waals surface area contributed by atoms with Crippen molar-refractivity contribution in [1.82, 2.24) is 14.6 Å². The van der Waals surface area contributed by atoms with Crippen molar-refractivity contribution in [2.24, 2.45) is 0 Å². The van der Waals surface area contributed by atoms with Gasteiger partial charge in [0.05, 0.1) is 13.7 Å². The van der Waals surface area contributed by atoms with Crippen LogP contribution in [0.5, 0.6) is 11.5 Å². The van der Waals surface area contributed by atoms with Crippen LogP contribution >= 0.6 is 0 Å². The lowest BCUT2D eigenvalue weighted by atomic mass is 10.3. The van der Waals surface area contributed by atoms with Crippen LogP contribution in [0.25, 0.3) is 5.65 Å². The van der Waals surface area contributed by atoms with Gasteiger partial charge in [-0.3, -0.25) is 0 Å². The number of methoxy groups -OCH3 is 1. The summed E-state index contributed by atoms with van der Waals surface area (Å²) in [5, 5.41) is 18.1. The second kappa shape index (κ2) is 6.82. The number of fused-ring (bicyclic) bond motifs is 1. The molecule has 0 radical (unpaired) electrons. The molecule has 3 aromatic rings. The molecule has 0 atom stereocenters. The molecule has 0 saturated carbocycles. The van der Waals surface area contributed by atoms with Gasteiger partial charge in [0, 0.05) is 6.07 Å². The smallest absolute Gasteiger partial charge is 0.368 e. The third-order valence-corrected chi connectivity index (χ3v) is 3.27. The number of anilines is 1. The van der Waals surface area contributed by atoms with E-state index in [4.69, 9.17) is 9.47 Å². The van der Waals surface area contributed by atoms with Gasteiger partial charge in [0.25, 0.3) is 0 Å². The van der Waals surface area contributed by atoms with E-state index in [2.05, 4.69) is 15.4 Å². The van der Waals surface area contributed by atoms with Gasteiger partial charge < -0.3 is 24.9 Å². The van der Waals surface area contributed by atoms with Crippen LogP contribution in [0.15, 0.2) is 42.6 Å². The number of nitrogens with zero attached hydrogens (tertiary/aromatic N) is 4. The van der Waals surface area contributed by atoms with Crippen LogP contribution in [0.1, 0.15) is 0 Å². The summed E-state index contributed by atoms with van der Waals surface area (Å²) in [5.74, 6) is 1.82. The Labute approximate surface area is 137 Å². The Hall–Kier alpha value is -3.36. The first kappa shape index (κ1) is 15.5. The maximum absolute atomic E-state index is 10.9. The Morgan fingerprint density at radius 2 is 1.96 bits per heavy atom. The SMILES string of the molecule is COc1ccc(OCCNc2ccc3ncc([N+](=O)[O-])n3n2)cc1. The molecule has 1 N–H and O–H groups in total. The number of benzene rings is 1. The molecule has 0 saturated heterocycles. The highest BCUT2D eigenvalue weighted by atomic mass is 16.6. The van der Waals surface area contributed by atoms with E-state index in [9.17, 15) is 10.1 Å². The number of rotatable bonds is 7. The molecule has 1 aromatic carbocycles. The molecule has 0 aliphatic heterocycles. The summed E-state index contributed by atoms with van der Waals surface area (Å²) in [4.78, 5) is 14.3. The van der Waals surface area contributed by atoms with Crippen LogP contribution in [0, 0.1) is 10.1 Å². The Morgan fingerprint density at radius 1 is 1.21 bits per heavy atom. The molecule has 9 nitrogen and oxygen atoms in total. The van der Waals surface area contributed by atoms with Crippen LogP contribution in [-0.4, -0.2) is 39.8 Å². The third-order valence-electron chi connectivity index (χ3n) is 3.27. The van der Waals surface area contributed by atoms with Gasteiger partial charge in [-0.05, 0) is 35.3 Å². The van der Waals surface area contributed by atoms with Crippen LogP contribution in [-0.2, 0) is 0 Å². The minimum Gasteiger partial charge on any atom is -0.497 e. The Bertz CT molecular complexity index is 847. The van der Waals surface area contributed by atoms with E-state index in [1.807, 2.05) is 24.3 Å². The molecular weight excluding hydrogens is 314 g/mol. The van der Waals surface area contributed by atoms with Crippen molar-refractivity contribution in [3.8, 4) is 11.5 Å². The first-order chi connectivity index (χ1) is 11.7. The molecule has 24 heavy (non-hydrogen) atoms. The van der Waals surface area contributed by atoms with Crippen LogP contribution in [0.4, 0.5) is 11.6 Å². The van der Waals surface area contributed by atoms with Crippen LogP contribution in [0.3, 0.4) is 0 Å². The van der Waals surface area contributed by atoms with Gasteiger partial charge in [-0.1, -0.05) is 9.61 Å². The molecule has 0 bridgehead atoms. The molecule has 9 heteroatoms. The molecule has 124 valence electrons. The average molecular weight is 329 g/mol. The summed E-state index contributed by atoms with van der Waals surface area (Å²) in [6.07, 6.45) is 1.18. The highest BCUT2D eigenvalue weighted by Crippen LogP contribution is 2.17. The van der Waals surface area contributed by atoms with E-state index in [1.54, 1.807) is 19.2 Å². The normalized spacial score (nSPS) is 10.5. The topological polar surface area (TPSA) is 104 Å². The Balaban J connectivity index is 1.57. The number of nitro groups is 1. The summed E-state index contributed by atoms with van der Waals surface area (Å²) in [7, 11) is 1.61. The fourth-order valence-corrected chi connectivity index (χ4v) is 2.10. The quantitative estimate of drug-likeness (QED) is 0.402. The summed E-state index contributed by atoms with van der Waals surface area (Å²) in [6, 6.07) is 10.6. The van der Waals surface area contributed by atoms with Gasteiger partial charge in [-0.2, -0.15) is 0 Å². The van der Waals surface area contributed by atoms with E-state index in [1.165, 1.54) is 10.7 Å². The molecule has 0 aliphatic carbocycles. The summed E-state index contributed by atoms with van der Waals surface area (Å²) < 4.78 is 11.9. The zero-order valence-corrected chi connectivity index (χ0v) is 12.9. The Morgan fingerprint density at radius 3 is 2.67 bits per heavy atom. The van der Waals surface area contributed by atoms with E-state index < -0.39 is 4.92 Å². The second-order valence-corrected chi connectivity index (χ2v) is 4.81. The van der Waals surface area contributed by atoms with Crippen LogP contribution in [0.2, 0.25) is 0 Å². The van der Waals surface area contributed by atoms with Crippen LogP contribution < -0.4 is 14.8 Å². The second-order valence-electron chi connectivity index (χ2n) is 4.81. The molecule has 0 amide bonds. The number of aromatic nitrogens is 3. The van der Waals surface area contributed by atoms with Gasteiger partial charge in [0.2, 0.25) is 5.65 Å². The molecule has 2 aromatic heterocycles. The zero-order valence-electron chi connectivity index (χ0n) is 12.9. The fraction of sp³-hybridized carbons (Fsp3) is 0.200. The molecule has 0 spiro atoms. The predicted octanol–water partition coefficient (Wildman–Crippen LogP) is 2.14. The molecule has 0 unspecified atom stereocenters. The van der Waals surface area contributed by atoms with Gasteiger partial charge in [0.1, 0.15) is 24.3 Å².